The fourth-order valence-corrected chi connectivity index (χ4v) is 5.39. The van der Waals surface area contributed by atoms with Crippen LogP contribution in [0.15, 0.2) is 59.7 Å². The van der Waals surface area contributed by atoms with Crippen LogP contribution in [0.4, 0.5) is 5.69 Å². The predicted octanol–water partition coefficient (Wildman–Crippen LogP) is 3.26. The van der Waals surface area contributed by atoms with Gasteiger partial charge in [-0.1, -0.05) is 19.4 Å². The topological polar surface area (TPSA) is 115 Å². The van der Waals surface area contributed by atoms with E-state index < -0.39 is 41.7 Å². The number of unbranched alkanes of at least 4 members (excludes halogenated alkanes) is 1. The van der Waals surface area contributed by atoms with Gasteiger partial charge in [0.15, 0.2) is 17.3 Å². The first kappa shape index (κ1) is 26.1. The summed E-state index contributed by atoms with van der Waals surface area (Å²) in [4.78, 5) is 54.8. The lowest BCUT2D eigenvalue weighted by molar-refractivity contribution is -0.123. The highest BCUT2D eigenvalue weighted by Crippen LogP contribution is 2.46. The fourth-order valence-electron chi connectivity index (χ4n) is 5.39. The molecular weight excluding hydrogens is 502 g/mol. The zero-order valence-corrected chi connectivity index (χ0v) is 21.9. The Balaban J connectivity index is 1.45. The van der Waals surface area contributed by atoms with Gasteiger partial charge in [0.2, 0.25) is 11.8 Å². The Kier molecular flexibility index (Phi) is 7.19. The first-order chi connectivity index (χ1) is 18.9. The highest BCUT2D eigenvalue weighted by molar-refractivity contribution is 6.24. The summed E-state index contributed by atoms with van der Waals surface area (Å²) in [5.74, 6) is -2.61. The molecule has 0 radical (unpaired) electrons. The van der Waals surface area contributed by atoms with Gasteiger partial charge >= 0.3 is 5.97 Å². The van der Waals surface area contributed by atoms with Gasteiger partial charge in [-0.05, 0) is 55.0 Å². The van der Waals surface area contributed by atoms with Crippen LogP contribution >= 0.6 is 0 Å². The number of amides is 2. The fraction of sp³-hybridized carbons (Fsp3) is 0.345. The number of hydrogen-bond acceptors (Lipinski definition) is 9. The van der Waals surface area contributed by atoms with Gasteiger partial charge in [0, 0.05) is 11.8 Å². The van der Waals surface area contributed by atoms with E-state index in [0.717, 1.165) is 17.7 Å². The molecule has 39 heavy (non-hydrogen) atoms. The molecule has 10 nitrogen and oxygen atoms in total. The Hall–Kier alpha value is -4.47. The van der Waals surface area contributed by atoms with Crippen LogP contribution in [0, 0.1) is 11.8 Å². The molecule has 0 spiro atoms. The second-order valence-electron chi connectivity index (χ2n) is 9.50. The molecule has 3 aliphatic rings. The number of esters is 1. The van der Waals surface area contributed by atoms with Gasteiger partial charge in [-0.2, -0.15) is 5.10 Å². The number of fused-ring (bicyclic) bond motifs is 3. The molecule has 4 atom stereocenters. The van der Waals surface area contributed by atoms with Crippen molar-refractivity contribution in [3.8, 4) is 11.5 Å². The molecule has 0 unspecified atom stereocenters. The summed E-state index contributed by atoms with van der Waals surface area (Å²) in [5, 5.41) is 5.93. The summed E-state index contributed by atoms with van der Waals surface area (Å²) >= 11 is 0. The number of allylic oxidation sites excluding steroid dienone is 1. The maximum Gasteiger partial charge on any atom is 0.338 e. The molecule has 0 saturated carbocycles. The number of rotatable bonds is 9. The van der Waals surface area contributed by atoms with Crippen LogP contribution in [-0.4, -0.2) is 67.7 Å². The highest BCUT2D eigenvalue weighted by atomic mass is 16.5. The van der Waals surface area contributed by atoms with E-state index in [-0.39, 0.29) is 5.78 Å². The van der Waals surface area contributed by atoms with Crippen molar-refractivity contribution in [1.29, 1.82) is 0 Å². The Morgan fingerprint density at radius 1 is 0.923 bits per heavy atom. The van der Waals surface area contributed by atoms with E-state index in [1.165, 1.54) is 32.6 Å². The van der Waals surface area contributed by atoms with Crippen molar-refractivity contribution in [3.05, 3.63) is 65.7 Å². The minimum Gasteiger partial charge on any atom is -0.493 e. The third-order valence-corrected chi connectivity index (χ3v) is 7.32. The van der Waals surface area contributed by atoms with Gasteiger partial charge in [-0.25, -0.2) is 9.69 Å². The molecule has 3 aliphatic heterocycles. The maximum absolute atomic E-state index is 13.9. The summed E-state index contributed by atoms with van der Waals surface area (Å²) in [5.41, 5.74) is 0.967. The number of ether oxygens (including phenoxy) is 3. The molecule has 0 aliphatic carbocycles. The van der Waals surface area contributed by atoms with Crippen LogP contribution in [-0.2, 0) is 14.3 Å². The minimum absolute atomic E-state index is 0.312. The van der Waals surface area contributed by atoms with E-state index in [4.69, 9.17) is 14.2 Å². The molecule has 0 aromatic heterocycles. The summed E-state index contributed by atoms with van der Waals surface area (Å²) in [6.07, 6.45) is 6.71. The van der Waals surface area contributed by atoms with Crippen molar-refractivity contribution in [2.45, 2.75) is 31.8 Å². The number of benzene rings is 2. The van der Waals surface area contributed by atoms with E-state index >= 15 is 0 Å². The predicted molar refractivity (Wildman–Crippen MR) is 142 cm³/mol. The van der Waals surface area contributed by atoms with Crippen molar-refractivity contribution < 1.29 is 33.4 Å². The van der Waals surface area contributed by atoms with Crippen molar-refractivity contribution in [3.63, 3.8) is 0 Å². The molecule has 0 N–H and O–H groups in total. The summed E-state index contributed by atoms with van der Waals surface area (Å²) in [6.45, 7) is 2.33. The maximum atomic E-state index is 13.9. The number of ketones is 1. The molecule has 3 heterocycles. The number of hydrogen-bond donors (Lipinski definition) is 0. The second-order valence-corrected chi connectivity index (χ2v) is 9.50. The molecule has 2 fully saturated rings. The van der Waals surface area contributed by atoms with Gasteiger partial charge in [0.1, 0.15) is 6.04 Å². The van der Waals surface area contributed by atoms with E-state index in [1.807, 2.05) is 6.92 Å². The molecule has 202 valence electrons. The normalized spacial score (nSPS) is 23.1. The zero-order valence-electron chi connectivity index (χ0n) is 21.9. The quantitative estimate of drug-likeness (QED) is 0.210. The monoisotopic (exact) mass is 531 g/mol. The van der Waals surface area contributed by atoms with E-state index in [0.29, 0.717) is 34.9 Å². The number of hydrazone groups is 1. The lowest BCUT2D eigenvalue weighted by Crippen LogP contribution is -2.46. The van der Waals surface area contributed by atoms with Crippen molar-refractivity contribution in [2.24, 2.45) is 16.9 Å². The number of anilines is 1. The largest absolute Gasteiger partial charge is 0.493 e. The number of carbonyl (C=O) groups is 4. The smallest absolute Gasteiger partial charge is 0.338 e. The average molecular weight is 532 g/mol. The Labute approximate surface area is 225 Å². The van der Waals surface area contributed by atoms with Crippen LogP contribution in [0.5, 0.6) is 11.5 Å². The van der Waals surface area contributed by atoms with Crippen LogP contribution in [0.25, 0.3) is 0 Å². The summed E-state index contributed by atoms with van der Waals surface area (Å²) in [7, 11) is 2.97. The molecule has 10 heteroatoms. The van der Waals surface area contributed by atoms with E-state index in [1.54, 1.807) is 47.5 Å². The van der Waals surface area contributed by atoms with Gasteiger partial charge in [0.05, 0.1) is 50.0 Å². The standard InChI is InChI=1S/C29H29N3O7/c1-4-5-15-39-29(36)17-8-11-19(12-9-17)31-27(34)23-20-7-6-14-30-32(20)25(24(23)28(31)35)26(33)18-10-13-21(37-2)22(16-18)38-3/h6-14,16,20,23-25H,4-5,15H2,1-3H3/t20-,23-,24-,25+/m1/s1. The number of imide groups is 1. The summed E-state index contributed by atoms with van der Waals surface area (Å²) < 4.78 is 15.9. The van der Waals surface area contributed by atoms with Crippen molar-refractivity contribution >= 4 is 35.5 Å². The van der Waals surface area contributed by atoms with E-state index in [9.17, 15) is 19.2 Å². The lowest BCUT2D eigenvalue weighted by Gasteiger charge is -2.30. The van der Waals surface area contributed by atoms with Crippen LogP contribution < -0.4 is 14.4 Å². The van der Waals surface area contributed by atoms with Gasteiger partial charge in [-0.15, -0.1) is 0 Å². The molecule has 0 bridgehead atoms. The first-order valence-electron chi connectivity index (χ1n) is 12.8. The minimum atomic E-state index is -0.992. The van der Waals surface area contributed by atoms with Crippen LogP contribution in [0.2, 0.25) is 0 Å². The third-order valence-electron chi connectivity index (χ3n) is 7.32. The number of methoxy groups -OCH3 is 2. The number of nitrogens with zero attached hydrogens (tertiary/aromatic N) is 3. The number of Topliss-reactive ketones (excluding diaryl/α,β-unsaturated/α-hetero) is 1. The van der Waals surface area contributed by atoms with Crippen molar-refractivity contribution in [2.75, 3.05) is 25.7 Å². The second kappa shape index (κ2) is 10.7. The summed E-state index contributed by atoms with van der Waals surface area (Å²) in [6, 6.07) is 9.39. The van der Waals surface area contributed by atoms with E-state index in [2.05, 4.69) is 5.10 Å². The Morgan fingerprint density at radius 3 is 2.31 bits per heavy atom. The van der Waals surface area contributed by atoms with Gasteiger partial charge < -0.3 is 14.2 Å². The Bertz CT molecular complexity index is 1370. The number of carbonyl (C=O) groups excluding carboxylic acids is 4. The van der Waals surface area contributed by atoms with Crippen LogP contribution in [0.3, 0.4) is 0 Å². The third kappa shape index (κ3) is 4.45. The Morgan fingerprint density at radius 2 is 1.62 bits per heavy atom. The van der Waals surface area contributed by atoms with Crippen LogP contribution in [0.1, 0.15) is 40.5 Å². The highest BCUT2D eigenvalue weighted by Gasteiger charge is 2.64. The van der Waals surface area contributed by atoms with Gasteiger partial charge in [0.25, 0.3) is 0 Å². The molecule has 2 saturated heterocycles. The average Bonchev–Trinajstić information content (AvgIpc) is 3.44. The molecule has 5 rings (SSSR count). The first-order valence-corrected chi connectivity index (χ1v) is 12.8. The molecule has 2 aromatic carbocycles. The zero-order chi connectivity index (χ0) is 27.7. The van der Waals surface area contributed by atoms with Crippen molar-refractivity contribution in [1.82, 2.24) is 5.01 Å². The molecule has 2 aromatic rings. The SMILES string of the molecule is CCCCOC(=O)c1ccc(N2C(=O)[C@@H]3[C@H](C2=O)[C@H]2C=CC=NN2[C@@H]3C(=O)c2ccc(OC)c(OC)c2)cc1. The molecule has 2 amide bonds. The lowest BCUT2D eigenvalue weighted by atomic mass is 9.86. The molecular formula is C29H29N3O7. The van der Waals surface area contributed by atoms with Gasteiger partial charge in [-0.3, -0.25) is 19.4 Å².